The summed E-state index contributed by atoms with van der Waals surface area (Å²) in [7, 11) is 5.61. The molecule has 3 amide bonds. The van der Waals surface area contributed by atoms with Gasteiger partial charge in [0.2, 0.25) is 0 Å². The van der Waals surface area contributed by atoms with Crippen LogP contribution >= 0.6 is 0 Å². The molecule has 40 heavy (non-hydrogen) atoms. The van der Waals surface area contributed by atoms with E-state index in [2.05, 4.69) is 5.32 Å². The Morgan fingerprint density at radius 1 is 1.12 bits per heavy atom. The van der Waals surface area contributed by atoms with Crippen molar-refractivity contribution in [1.29, 1.82) is 0 Å². The summed E-state index contributed by atoms with van der Waals surface area (Å²) in [6.07, 6.45) is 2.21. The number of amides is 3. The highest BCUT2D eigenvalue weighted by Gasteiger charge is 2.31. The fourth-order valence-corrected chi connectivity index (χ4v) is 4.74. The maximum atomic E-state index is 14.1. The van der Waals surface area contributed by atoms with E-state index in [-0.39, 0.29) is 36.7 Å². The number of anilines is 2. The lowest BCUT2D eigenvalue weighted by Gasteiger charge is -2.36. The van der Waals surface area contributed by atoms with E-state index in [0.29, 0.717) is 31.0 Å². The lowest BCUT2D eigenvalue weighted by Crippen LogP contribution is -2.48. The number of aliphatic hydroxyl groups excluding tert-OH is 1. The second kappa shape index (κ2) is 14.9. The first-order chi connectivity index (χ1) is 19.1. The quantitative estimate of drug-likeness (QED) is 0.537. The predicted octanol–water partition coefficient (Wildman–Crippen LogP) is 4.71. The second-order valence-corrected chi connectivity index (χ2v) is 11.1. The van der Waals surface area contributed by atoms with Crippen molar-refractivity contribution in [3.05, 3.63) is 54.1 Å². The van der Waals surface area contributed by atoms with E-state index in [4.69, 9.17) is 9.47 Å². The summed E-state index contributed by atoms with van der Waals surface area (Å²) < 4.78 is 12.6. The molecule has 3 rings (SSSR count). The van der Waals surface area contributed by atoms with Gasteiger partial charge in [-0.25, -0.2) is 4.79 Å². The first kappa shape index (κ1) is 31.2. The molecule has 1 heterocycles. The maximum absolute atomic E-state index is 14.1. The Balaban J connectivity index is 1.88. The number of hydrogen-bond donors (Lipinski definition) is 2. The van der Waals surface area contributed by atoms with Crippen LogP contribution in [0.3, 0.4) is 0 Å². The molecule has 0 spiro atoms. The predicted molar refractivity (Wildman–Crippen MR) is 159 cm³/mol. The SMILES string of the molecule is C[C@H]1CCCCO[C@@H](CN(C)C(=O)Nc2ccccc2)[C@@H](C)CN([C@@H](C)CO)C(=O)c2cc(N(C)C)ccc2O1. The van der Waals surface area contributed by atoms with Crippen LogP contribution in [0.2, 0.25) is 0 Å². The van der Waals surface area contributed by atoms with E-state index >= 15 is 0 Å². The van der Waals surface area contributed by atoms with Crippen molar-refractivity contribution in [2.75, 3.05) is 57.7 Å². The molecule has 2 aromatic carbocycles. The number of nitrogens with one attached hydrogen (secondary N) is 1. The average molecular weight is 555 g/mol. The fraction of sp³-hybridized carbons (Fsp3) is 0.548. The molecule has 1 aliphatic rings. The minimum atomic E-state index is -0.420. The molecule has 0 saturated heterocycles. The van der Waals surface area contributed by atoms with Crippen LogP contribution in [-0.4, -0.2) is 92.5 Å². The minimum absolute atomic E-state index is 0.0778. The Hall–Kier alpha value is -3.30. The largest absolute Gasteiger partial charge is 0.490 e. The smallest absolute Gasteiger partial charge is 0.321 e. The third kappa shape index (κ3) is 8.60. The van der Waals surface area contributed by atoms with Gasteiger partial charge in [-0.05, 0) is 63.4 Å². The number of carbonyl (C=O) groups excluding carboxylic acids is 2. The average Bonchev–Trinajstić information content (AvgIpc) is 2.94. The number of nitrogens with zero attached hydrogens (tertiary/aromatic N) is 3. The lowest BCUT2D eigenvalue weighted by molar-refractivity contribution is -0.0115. The van der Waals surface area contributed by atoms with Crippen molar-refractivity contribution >= 4 is 23.3 Å². The van der Waals surface area contributed by atoms with Gasteiger partial charge in [0.25, 0.3) is 5.91 Å². The zero-order valence-corrected chi connectivity index (χ0v) is 24.8. The molecule has 220 valence electrons. The van der Waals surface area contributed by atoms with Gasteiger partial charge in [0.1, 0.15) is 5.75 Å². The number of para-hydroxylation sites is 1. The standard InChI is InChI=1S/C31H46N4O5/c1-22-19-35(23(2)21-36)30(37)27-18-26(33(4)5)15-16-28(27)40-24(3)12-10-11-17-39-29(22)20-34(6)31(38)32-25-13-8-7-9-14-25/h7-9,13-16,18,22-24,29,36H,10-12,17,19-21H2,1-6H3,(H,32,38)/t22-,23-,24-,29-/m0/s1. The molecule has 0 unspecified atom stereocenters. The monoisotopic (exact) mass is 554 g/mol. The first-order valence-electron chi connectivity index (χ1n) is 14.2. The molecule has 0 aliphatic carbocycles. The number of benzene rings is 2. The van der Waals surface area contributed by atoms with Gasteiger partial charge in [-0.3, -0.25) is 4.79 Å². The number of aliphatic hydroxyl groups is 1. The Bertz CT molecular complexity index is 1100. The van der Waals surface area contributed by atoms with Gasteiger partial charge in [-0.2, -0.15) is 0 Å². The number of rotatable bonds is 6. The summed E-state index contributed by atoms with van der Waals surface area (Å²) >= 11 is 0. The molecule has 0 bridgehead atoms. The summed E-state index contributed by atoms with van der Waals surface area (Å²) in [6.45, 7) is 6.95. The number of ether oxygens (including phenoxy) is 2. The first-order valence-corrected chi connectivity index (χ1v) is 14.2. The molecule has 4 atom stereocenters. The van der Waals surface area contributed by atoms with Gasteiger partial charge in [0.15, 0.2) is 0 Å². The number of fused-ring (bicyclic) bond motifs is 1. The molecule has 0 radical (unpaired) electrons. The molecule has 9 heteroatoms. The zero-order chi connectivity index (χ0) is 29.2. The summed E-state index contributed by atoms with van der Waals surface area (Å²) in [5.74, 6) is 0.228. The molecule has 2 N–H and O–H groups in total. The summed E-state index contributed by atoms with van der Waals surface area (Å²) in [6, 6.07) is 14.4. The molecular weight excluding hydrogens is 508 g/mol. The van der Waals surface area contributed by atoms with Crippen molar-refractivity contribution in [2.24, 2.45) is 5.92 Å². The van der Waals surface area contributed by atoms with Crippen LogP contribution < -0.4 is 15.0 Å². The number of likely N-dealkylation sites (N-methyl/N-ethyl adjacent to an activating group) is 1. The van der Waals surface area contributed by atoms with E-state index in [0.717, 1.165) is 30.6 Å². The molecule has 0 fully saturated rings. The highest BCUT2D eigenvalue weighted by Crippen LogP contribution is 2.29. The third-order valence-electron chi connectivity index (χ3n) is 7.38. The molecule has 1 aliphatic heterocycles. The van der Waals surface area contributed by atoms with Gasteiger partial charge < -0.3 is 34.6 Å². The van der Waals surface area contributed by atoms with Crippen LogP contribution in [0.15, 0.2) is 48.5 Å². The third-order valence-corrected chi connectivity index (χ3v) is 7.38. The summed E-state index contributed by atoms with van der Waals surface area (Å²) in [5, 5.41) is 13.0. The Kier molecular flexibility index (Phi) is 11.6. The topological polar surface area (TPSA) is 94.6 Å². The van der Waals surface area contributed by atoms with Gasteiger partial charge in [0.05, 0.1) is 30.4 Å². The molecule has 0 saturated carbocycles. The normalized spacial score (nSPS) is 21.4. The van der Waals surface area contributed by atoms with E-state index < -0.39 is 6.04 Å². The van der Waals surface area contributed by atoms with Crippen LogP contribution in [0.1, 0.15) is 50.4 Å². The maximum Gasteiger partial charge on any atom is 0.321 e. The number of carbonyl (C=O) groups is 2. The lowest BCUT2D eigenvalue weighted by atomic mass is 10.0. The minimum Gasteiger partial charge on any atom is -0.490 e. The van der Waals surface area contributed by atoms with Crippen molar-refractivity contribution in [3.8, 4) is 5.75 Å². The molecule has 0 aromatic heterocycles. The van der Waals surface area contributed by atoms with Crippen molar-refractivity contribution in [2.45, 2.75) is 58.3 Å². The van der Waals surface area contributed by atoms with E-state index in [9.17, 15) is 14.7 Å². The van der Waals surface area contributed by atoms with Gasteiger partial charge in [-0.15, -0.1) is 0 Å². The van der Waals surface area contributed by atoms with Crippen LogP contribution in [0.5, 0.6) is 5.75 Å². The molecule has 2 aromatic rings. The summed E-state index contributed by atoms with van der Waals surface area (Å²) in [5.41, 5.74) is 2.08. The zero-order valence-electron chi connectivity index (χ0n) is 24.8. The molecular formula is C31H46N4O5. The Labute approximate surface area is 239 Å². The summed E-state index contributed by atoms with van der Waals surface area (Å²) in [4.78, 5) is 32.3. The van der Waals surface area contributed by atoms with Gasteiger partial charge >= 0.3 is 6.03 Å². The number of hydrogen-bond acceptors (Lipinski definition) is 6. The van der Waals surface area contributed by atoms with E-state index in [1.165, 1.54) is 0 Å². The fourth-order valence-electron chi connectivity index (χ4n) is 4.74. The highest BCUT2D eigenvalue weighted by atomic mass is 16.5. The van der Waals surface area contributed by atoms with Crippen LogP contribution in [-0.2, 0) is 4.74 Å². The van der Waals surface area contributed by atoms with Crippen LogP contribution in [0.4, 0.5) is 16.2 Å². The van der Waals surface area contributed by atoms with E-state index in [1.807, 2.05) is 88.3 Å². The van der Waals surface area contributed by atoms with Crippen molar-refractivity contribution in [3.63, 3.8) is 0 Å². The van der Waals surface area contributed by atoms with Crippen LogP contribution in [0, 0.1) is 5.92 Å². The van der Waals surface area contributed by atoms with E-state index in [1.54, 1.807) is 16.8 Å². The van der Waals surface area contributed by atoms with Crippen molar-refractivity contribution < 1.29 is 24.2 Å². The number of urea groups is 1. The molecule has 9 nitrogen and oxygen atoms in total. The van der Waals surface area contributed by atoms with Crippen molar-refractivity contribution in [1.82, 2.24) is 9.80 Å². The second-order valence-electron chi connectivity index (χ2n) is 11.1. The van der Waals surface area contributed by atoms with Gasteiger partial charge in [0, 0.05) is 58.1 Å². The Morgan fingerprint density at radius 2 is 1.85 bits per heavy atom. The Morgan fingerprint density at radius 3 is 2.52 bits per heavy atom. The van der Waals surface area contributed by atoms with Crippen LogP contribution in [0.25, 0.3) is 0 Å². The van der Waals surface area contributed by atoms with Gasteiger partial charge in [-0.1, -0.05) is 25.1 Å². The highest BCUT2D eigenvalue weighted by molar-refractivity contribution is 5.98.